The highest BCUT2D eigenvalue weighted by Gasteiger charge is 2.49. The Bertz CT molecular complexity index is 766. The number of hydrogen-bond donors (Lipinski definition) is 0. The molecule has 1 amide bonds. The number of benzene rings is 1. The van der Waals surface area contributed by atoms with Gasteiger partial charge in [0.05, 0.1) is 6.54 Å². The summed E-state index contributed by atoms with van der Waals surface area (Å²) in [7, 11) is 0. The van der Waals surface area contributed by atoms with E-state index in [0.717, 1.165) is 5.06 Å². The topological polar surface area (TPSA) is 72.6 Å². The molecule has 0 saturated carbocycles. The third-order valence-electron chi connectivity index (χ3n) is 3.44. The van der Waals surface area contributed by atoms with Crippen molar-refractivity contribution in [3.8, 4) is 0 Å². The van der Waals surface area contributed by atoms with Gasteiger partial charge in [-0.3, -0.25) is 4.79 Å². The number of rotatable bonds is 2. The van der Waals surface area contributed by atoms with E-state index >= 15 is 0 Å². The average molecular weight is 309 g/mol. The minimum absolute atomic E-state index is 0.0781. The number of oxazole rings is 1. The zero-order valence-corrected chi connectivity index (χ0v) is 12.5. The second-order valence-electron chi connectivity index (χ2n) is 5.49. The van der Waals surface area contributed by atoms with Crippen LogP contribution in [0.2, 0.25) is 5.02 Å². The van der Waals surface area contributed by atoms with Crippen LogP contribution in [-0.2, 0) is 21.0 Å². The molecule has 0 aliphatic carbocycles. The van der Waals surface area contributed by atoms with Crippen LogP contribution >= 0.6 is 11.6 Å². The van der Waals surface area contributed by atoms with E-state index in [1.165, 1.54) is 13.8 Å². The molecule has 1 fully saturated rings. The summed E-state index contributed by atoms with van der Waals surface area (Å²) in [4.78, 5) is 33.0. The number of aryl methyl sites for hydroxylation is 1. The van der Waals surface area contributed by atoms with Crippen molar-refractivity contribution in [1.29, 1.82) is 0 Å². The highest BCUT2D eigenvalue weighted by molar-refractivity contribution is 6.32. The number of fused-ring (bicyclic) bond motifs is 1. The van der Waals surface area contributed by atoms with Crippen LogP contribution in [0.3, 0.4) is 0 Å². The number of hydroxylamine groups is 2. The van der Waals surface area contributed by atoms with Gasteiger partial charge in [0, 0.05) is 18.0 Å². The van der Waals surface area contributed by atoms with E-state index in [4.69, 9.17) is 20.9 Å². The zero-order chi connectivity index (χ0) is 15.4. The van der Waals surface area contributed by atoms with Gasteiger partial charge in [0.1, 0.15) is 10.9 Å². The maximum Gasteiger partial charge on any atom is 0.347 e. The summed E-state index contributed by atoms with van der Waals surface area (Å²) in [5, 5.41) is 1.45. The number of carbonyl (C=O) groups is 2. The molecular weight excluding hydrogens is 296 g/mol. The van der Waals surface area contributed by atoms with Crippen molar-refractivity contribution < 1.29 is 18.8 Å². The fourth-order valence-corrected chi connectivity index (χ4v) is 2.36. The summed E-state index contributed by atoms with van der Waals surface area (Å²) in [6, 6.07) is 3.36. The van der Waals surface area contributed by atoms with Crippen molar-refractivity contribution in [1.82, 2.24) is 10.0 Å². The van der Waals surface area contributed by atoms with Gasteiger partial charge in [-0.15, -0.1) is 0 Å². The fraction of sp³-hybridized carbons (Fsp3) is 0.357. The van der Waals surface area contributed by atoms with Gasteiger partial charge in [-0.05, 0) is 25.5 Å². The SMILES string of the molecule is Cc1nc2cc(CN3OC(=O)C(C)(C)C3=O)c(Cl)cc2o1. The van der Waals surface area contributed by atoms with E-state index in [1.54, 1.807) is 19.1 Å². The summed E-state index contributed by atoms with van der Waals surface area (Å²) in [6.07, 6.45) is 0. The third kappa shape index (κ3) is 2.15. The van der Waals surface area contributed by atoms with Gasteiger partial charge in [0.15, 0.2) is 11.5 Å². The Morgan fingerprint density at radius 1 is 1.33 bits per heavy atom. The number of aromatic nitrogens is 1. The first-order valence-corrected chi connectivity index (χ1v) is 6.77. The summed E-state index contributed by atoms with van der Waals surface area (Å²) in [5.74, 6) is -0.426. The molecule has 6 nitrogen and oxygen atoms in total. The van der Waals surface area contributed by atoms with E-state index in [1.807, 2.05) is 0 Å². The zero-order valence-electron chi connectivity index (χ0n) is 11.8. The quantitative estimate of drug-likeness (QED) is 0.797. The molecule has 3 rings (SSSR count). The van der Waals surface area contributed by atoms with Crippen molar-refractivity contribution >= 4 is 34.6 Å². The van der Waals surface area contributed by atoms with Gasteiger partial charge in [-0.2, -0.15) is 5.06 Å². The number of amides is 1. The smallest absolute Gasteiger partial charge is 0.347 e. The molecule has 0 N–H and O–H groups in total. The molecule has 0 atom stereocenters. The van der Waals surface area contributed by atoms with Crippen LogP contribution in [0.25, 0.3) is 11.1 Å². The maximum absolute atomic E-state index is 12.1. The summed E-state index contributed by atoms with van der Waals surface area (Å²) in [6.45, 7) is 4.88. The second kappa shape index (κ2) is 4.46. The monoisotopic (exact) mass is 308 g/mol. The Labute approximate surface area is 125 Å². The van der Waals surface area contributed by atoms with Crippen LogP contribution in [0.5, 0.6) is 0 Å². The lowest BCUT2D eigenvalue weighted by Gasteiger charge is -2.15. The largest absolute Gasteiger partial charge is 0.441 e. The molecule has 21 heavy (non-hydrogen) atoms. The van der Waals surface area contributed by atoms with Gasteiger partial charge in [-0.25, -0.2) is 9.78 Å². The molecule has 2 aromatic rings. The Morgan fingerprint density at radius 3 is 2.67 bits per heavy atom. The molecule has 110 valence electrons. The van der Waals surface area contributed by atoms with E-state index < -0.39 is 11.4 Å². The predicted molar refractivity (Wildman–Crippen MR) is 74.2 cm³/mol. The Morgan fingerprint density at radius 2 is 2.05 bits per heavy atom. The van der Waals surface area contributed by atoms with E-state index in [-0.39, 0.29) is 12.5 Å². The molecule has 0 radical (unpaired) electrons. The maximum atomic E-state index is 12.1. The van der Waals surface area contributed by atoms with E-state index in [2.05, 4.69) is 4.98 Å². The van der Waals surface area contributed by atoms with Crippen molar-refractivity contribution in [3.05, 3.63) is 28.6 Å². The molecule has 1 aromatic heterocycles. The molecule has 2 heterocycles. The van der Waals surface area contributed by atoms with Crippen LogP contribution in [0.15, 0.2) is 16.5 Å². The first-order chi connectivity index (χ1) is 9.79. The first-order valence-electron chi connectivity index (χ1n) is 6.39. The minimum atomic E-state index is -1.17. The Hall–Kier alpha value is -2.08. The minimum Gasteiger partial charge on any atom is -0.441 e. The third-order valence-corrected chi connectivity index (χ3v) is 3.79. The Kier molecular flexibility index (Phi) is 2.95. The first kappa shape index (κ1) is 13.9. The normalized spacial score (nSPS) is 17.6. The summed E-state index contributed by atoms with van der Waals surface area (Å²) < 4.78 is 5.38. The van der Waals surface area contributed by atoms with Crippen LogP contribution in [-0.4, -0.2) is 21.9 Å². The van der Waals surface area contributed by atoms with Gasteiger partial charge >= 0.3 is 5.97 Å². The number of carbonyl (C=O) groups excluding carboxylic acids is 2. The summed E-state index contributed by atoms with van der Waals surface area (Å²) in [5.41, 5.74) is 0.688. The average Bonchev–Trinajstić information content (AvgIpc) is 2.83. The van der Waals surface area contributed by atoms with Crippen molar-refractivity contribution in [2.45, 2.75) is 27.3 Å². The molecule has 1 saturated heterocycles. The van der Waals surface area contributed by atoms with Crippen molar-refractivity contribution in [2.75, 3.05) is 0 Å². The van der Waals surface area contributed by atoms with Crippen LogP contribution in [0.1, 0.15) is 25.3 Å². The number of hydrogen-bond acceptors (Lipinski definition) is 5. The van der Waals surface area contributed by atoms with Crippen LogP contribution in [0, 0.1) is 12.3 Å². The molecule has 0 bridgehead atoms. The van der Waals surface area contributed by atoms with Crippen molar-refractivity contribution in [2.24, 2.45) is 5.41 Å². The lowest BCUT2D eigenvalue weighted by atomic mass is 9.94. The van der Waals surface area contributed by atoms with Gasteiger partial charge in [-0.1, -0.05) is 11.6 Å². The highest BCUT2D eigenvalue weighted by Crippen LogP contribution is 2.32. The molecular formula is C14H13ClN2O4. The van der Waals surface area contributed by atoms with Gasteiger partial charge in [0.25, 0.3) is 5.91 Å². The summed E-state index contributed by atoms with van der Waals surface area (Å²) >= 11 is 6.18. The predicted octanol–water partition coefficient (Wildman–Crippen LogP) is 2.62. The fourth-order valence-electron chi connectivity index (χ4n) is 2.14. The molecule has 1 aliphatic rings. The van der Waals surface area contributed by atoms with E-state index in [0.29, 0.717) is 27.6 Å². The molecule has 7 heteroatoms. The molecule has 0 unspecified atom stereocenters. The lowest BCUT2D eigenvalue weighted by Crippen LogP contribution is -2.31. The standard InChI is InChI=1S/C14H13ClN2O4/c1-7-16-10-4-8(9(15)5-11(10)20-7)6-17-12(18)14(2,3)13(19)21-17/h4-5H,6H2,1-3H3. The van der Waals surface area contributed by atoms with Crippen LogP contribution < -0.4 is 0 Å². The van der Waals surface area contributed by atoms with Crippen molar-refractivity contribution in [3.63, 3.8) is 0 Å². The highest BCUT2D eigenvalue weighted by atomic mass is 35.5. The van der Waals surface area contributed by atoms with Gasteiger partial charge in [0.2, 0.25) is 0 Å². The molecule has 1 aliphatic heterocycles. The second-order valence-corrected chi connectivity index (χ2v) is 5.90. The van der Waals surface area contributed by atoms with Crippen LogP contribution in [0.4, 0.5) is 0 Å². The molecule has 1 aromatic carbocycles. The number of halogens is 1. The lowest BCUT2D eigenvalue weighted by molar-refractivity contribution is -0.180. The molecule has 0 spiro atoms. The number of nitrogens with zero attached hydrogens (tertiary/aromatic N) is 2. The Balaban J connectivity index is 1.93. The van der Waals surface area contributed by atoms with Gasteiger partial charge < -0.3 is 9.25 Å². The van der Waals surface area contributed by atoms with E-state index in [9.17, 15) is 9.59 Å².